The number of nitrogens with zero attached hydrogens (tertiary/aromatic N) is 4. The molecule has 1 unspecified atom stereocenters. The van der Waals surface area contributed by atoms with E-state index in [-0.39, 0.29) is 75.4 Å². The van der Waals surface area contributed by atoms with Gasteiger partial charge in [0.05, 0.1) is 63.4 Å². The summed E-state index contributed by atoms with van der Waals surface area (Å²) in [6.45, 7) is 14.4. The highest BCUT2D eigenvalue weighted by Crippen LogP contribution is 2.64. The van der Waals surface area contributed by atoms with Crippen LogP contribution in [0.25, 0.3) is 0 Å². The van der Waals surface area contributed by atoms with Gasteiger partial charge in [0.2, 0.25) is 0 Å². The van der Waals surface area contributed by atoms with E-state index in [9.17, 15) is 52.5 Å². The van der Waals surface area contributed by atoms with Crippen molar-refractivity contribution in [2.75, 3.05) is 51.9 Å². The van der Waals surface area contributed by atoms with Gasteiger partial charge < -0.3 is 69.7 Å². The third-order valence-corrected chi connectivity index (χ3v) is 28.4. The van der Waals surface area contributed by atoms with E-state index < -0.39 is 178 Å². The number of fused-ring (bicyclic) bond motifs is 4. The SMILES string of the molecule is CC(C)OP1(=S)OC[C@H]2O[C@@H](n3ccc(=O)[nH]c3=O)[C@](C)(Cl)[C@@H]2O1.CC(C)O[P@@]1(=S)OC[C@H]2O[C@@H](n3ccc(=O)[nH]c3=O)[C@](C)(Cl)[C@@H]2O1.CC(C)O[P@]1(=S)OC[C@H]2O[C@@H](n3ccc(=O)[nH]c3=O)[C@](C)(Cl)[C@@H]2O1.CCOC(=O)NCC(C)(C)C(=O)SCCO[P@]1(=O)OC[C@H]2O[C@@H](n3ccc(=O)[nH]c3=O)[C@](C)(Cl)[C@@H]2O1. The first-order valence-electron chi connectivity index (χ1n) is 33.3. The van der Waals surface area contributed by atoms with Gasteiger partial charge in [-0.05, 0) is 112 Å². The molecular weight excluding hydrogens is 1680 g/mol. The van der Waals surface area contributed by atoms with Crippen molar-refractivity contribution >= 4 is 133 Å². The zero-order chi connectivity index (χ0) is 79.8. The van der Waals surface area contributed by atoms with Crippen molar-refractivity contribution in [3.63, 3.8) is 0 Å². The molecule has 0 aromatic carbocycles. The number of alkyl carbamates (subject to hydrolysis) is 1. The smallest absolute Gasteiger partial charge is 0.450 e. The molecular formula is C59H83Cl4N9O28P4S4. The molecule has 0 bridgehead atoms. The summed E-state index contributed by atoms with van der Waals surface area (Å²) in [5.74, 6) is 0.149. The minimum Gasteiger partial charge on any atom is -0.450 e. The summed E-state index contributed by atoms with van der Waals surface area (Å²) < 4.78 is 113. The lowest BCUT2D eigenvalue weighted by Gasteiger charge is -2.37. The second-order valence-electron chi connectivity index (χ2n) is 27.2. The van der Waals surface area contributed by atoms with Crippen molar-refractivity contribution in [1.29, 1.82) is 0 Å². The number of rotatable bonds is 18. The molecule has 8 fully saturated rings. The average molecular weight is 1760 g/mol. The maximum Gasteiger partial charge on any atom is 0.475 e. The van der Waals surface area contributed by atoms with Gasteiger partial charge in [0.15, 0.2) is 30.0 Å². The lowest BCUT2D eigenvalue weighted by Crippen LogP contribution is -2.45. The fourth-order valence-electron chi connectivity index (χ4n) is 11.9. The number of aromatic nitrogens is 8. The predicted octanol–water partition coefficient (Wildman–Crippen LogP) is 6.49. The average Bonchev–Trinajstić information content (AvgIpc) is 1.61. The molecule has 5 N–H and O–H groups in total. The normalized spacial score (nSPS) is 36.1. The van der Waals surface area contributed by atoms with Gasteiger partial charge in [0, 0.05) is 61.4 Å². The molecule has 0 saturated carbocycles. The zero-order valence-electron chi connectivity index (χ0n) is 60.1. The molecule has 8 aliphatic heterocycles. The first-order valence-corrected chi connectivity index (χ1v) is 44.9. The Hall–Kier alpha value is -3.29. The van der Waals surface area contributed by atoms with Crippen molar-refractivity contribution in [1.82, 2.24) is 43.5 Å². The van der Waals surface area contributed by atoms with Crippen LogP contribution in [0.4, 0.5) is 4.79 Å². The number of phosphoric acid groups is 1. The minimum absolute atomic E-state index is 0.0835. The van der Waals surface area contributed by atoms with Crippen LogP contribution in [-0.4, -0.2) is 188 Å². The van der Waals surface area contributed by atoms with Gasteiger partial charge in [-0.15, -0.1) is 46.4 Å². The Balaban J connectivity index is 0.000000169. The molecule has 0 spiro atoms. The number of aromatic amines is 4. The molecule has 8 aliphatic rings. The highest BCUT2D eigenvalue weighted by atomic mass is 35.5. The van der Waals surface area contributed by atoms with Crippen LogP contribution in [-0.2, 0) is 123 Å². The Labute approximate surface area is 655 Å². The standard InChI is InChI=1S/C20H29ClN3O10PS.3C13H18ClN2O6PS/c1-5-30-18(28)22-11-19(2,3)16(26)36-9-8-31-35(29)32-10-12-14(34-35)20(4,21)15(33-12)24-7-6-13(25)23-17(24)27;3*1-7(2)21-23(24)19-6-8-10(22-23)13(3,14)11(20-8)16-5-4-9(17)15-12(16)18/h6-7,12,14-15H,5,8-11H2,1-4H3,(H,22,28)(H,23,25,27);3*4-5,7-8,10-11H,6H2,1-3H3,(H,15,17,18)/t12-,14-,15-,20-,35-;8-,10-,11-,13-,23?;8-,10-,11-,13-,23+;8-,10-,11-,13-,23-/m1111/s1. The van der Waals surface area contributed by atoms with Crippen LogP contribution in [0.15, 0.2) is 87.4 Å². The molecule has 604 valence electrons. The molecule has 12 rings (SSSR count). The van der Waals surface area contributed by atoms with Crippen molar-refractivity contribution in [2.45, 2.75) is 202 Å². The maximum atomic E-state index is 13.0. The monoisotopic (exact) mass is 1760 g/mol. The van der Waals surface area contributed by atoms with E-state index in [1.54, 1.807) is 48.5 Å². The van der Waals surface area contributed by atoms with E-state index in [0.717, 1.165) is 22.4 Å². The number of phosphoric ester groups is 1. The summed E-state index contributed by atoms with van der Waals surface area (Å²) in [5.41, 5.74) is -5.50. The van der Waals surface area contributed by atoms with Gasteiger partial charge in [-0.1, -0.05) is 25.6 Å². The zero-order valence-corrected chi connectivity index (χ0v) is 70.0. The molecule has 20 atom stereocenters. The molecule has 8 saturated heterocycles. The van der Waals surface area contributed by atoms with Crippen LogP contribution in [0.5, 0.6) is 0 Å². The third kappa shape index (κ3) is 20.7. The summed E-state index contributed by atoms with van der Waals surface area (Å²) in [7, 11) is -4.04. The third-order valence-electron chi connectivity index (χ3n) is 16.8. The fraction of sp³-hybridized carbons (Fsp3) is 0.695. The highest BCUT2D eigenvalue weighted by molar-refractivity contribution is 8.13. The summed E-state index contributed by atoms with van der Waals surface area (Å²) >= 11 is 43.8. The predicted molar refractivity (Wildman–Crippen MR) is 403 cm³/mol. The first-order chi connectivity index (χ1) is 50.2. The number of hydrogen-bond donors (Lipinski definition) is 5. The molecule has 0 radical (unpaired) electrons. The number of amides is 1. The number of ether oxygens (including phenoxy) is 5. The number of thioether (sulfide) groups is 1. The van der Waals surface area contributed by atoms with Crippen LogP contribution >= 0.6 is 86.1 Å². The largest absolute Gasteiger partial charge is 0.475 e. The van der Waals surface area contributed by atoms with Gasteiger partial charge in [0.1, 0.15) is 68.3 Å². The summed E-state index contributed by atoms with van der Waals surface area (Å²) in [6, 6.07) is 4.83. The van der Waals surface area contributed by atoms with E-state index in [2.05, 4.69) is 25.3 Å². The molecule has 0 aliphatic carbocycles. The molecule has 1 amide bonds. The van der Waals surface area contributed by atoms with E-state index >= 15 is 0 Å². The lowest BCUT2D eigenvalue weighted by atomic mass is 9.96. The number of H-pyrrole nitrogens is 4. The van der Waals surface area contributed by atoms with Gasteiger partial charge in [-0.3, -0.25) is 75.7 Å². The maximum absolute atomic E-state index is 13.0. The number of hydrogen-bond acceptors (Lipinski definition) is 32. The van der Waals surface area contributed by atoms with Crippen LogP contribution in [0.3, 0.4) is 0 Å². The van der Waals surface area contributed by atoms with Crippen molar-refractivity contribution in [2.24, 2.45) is 5.41 Å². The van der Waals surface area contributed by atoms with Crippen LogP contribution in [0, 0.1) is 5.41 Å². The quantitative estimate of drug-likeness (QED) is 0.0403. The highest BCUT2D eigenvalue weighted by Gasteiger charge is 2.63. The van der Waals surface area contributed by atoms with Gasteiger partial charge in [-0.2, -0.15) is 0 Å². The number of carbonyl (C=O) groups excluding carboxylic acids is 2. The first kappa shape index (κ1) is 88.7. The van der Waals surface area contributed by atoms with E-state index in [1.807, 2.05) is 41.5 Å². The number of carbonyl (C=O) groups is 2. The topological polar surface area (TPSA) is 440 Å². The molecule has 108 heavy (non-hydrogen) atoms. The van der Waals surface area contributed by atoms with Gasteiger partial charge in [-0.25, -0.2) is 28.5 Å². The second kappa shape index (κ2) is 35.0. The van der Waals surface area contributed by atoms with Crippen molar-refractivity contribution in [3.8, 4) is 0 Å². The number of nitrogens with one attached hydrogen (secondary N) is 5. The summed E-state index contributed by atoms with van der Waals surface area (Å²) in [5, 5.41) is 2.32. The lowest BCUT2D eigenvalue weighted by molar-refractivity contribution is -0.117. The molecule has 37 nitrogen and oxygen atoms in total. The summed E-state index contributed by atoms with van der Waals surface area (Å²) in [4.78, 5) is 121. The molecule has 4 aromatic rings. The fourth-order valence-corrected chi connectivity index (χ4v) is 23.8. The van der Waals surface area contributed by atoms with Crippen molar-refractivity contribution in [3.05, 3.63) is 132 Å². The van der Waals surface area contributed by atoms with Crippen molar-refractivity contribution < 1.29 is 92.1 Å². The molecule has 12 heterocycles. The second-order valence-corrected chi connectivity index (χ2v) is 41.9. The Bertz CT molecular complexity index is 4340. The minimum atomic E-state index is -4.04. The number of alkyl halides is 4. The Morgan fingerprint density at radius 3 is 1.10 bits per heavy atom. The van der Waals surface area contributed by atoms with Crippen LogP contribution in [0.2, 0.25) is 0 Å². The van der Waals surface area contributed by atoms with E-state index in [1.165, 1.54) is 56.7 Å². The number of halogens is 4. The molecule has 49 heteroatoms. The summed E-state index contributed by atoms with van der Waals surface area (Å²) in [6.07, 6.45) is -4.41. The van der Waals surface area contributed by atoms with Gasteiger partial charge in [0.25, 0.3) is 22.2 Å². The molecule has 4 aromatic heterocycles. The van der Waals surface area contributed by atoms with Gasteiger partial charge >= 0.3 is 56.8 Å². The van der Waals surface area contributed by atoms with E-state index in [4.69, 9.17) is 160 Å². The Kier molecular flexibility index (Phi) is 28.8. The Morgan fingerprint density at radius 2 is 0.824 bits per heavy atom. The van der Waals surface area contributed by atoms with E-state index in [0.29, 0.717) is 0 Å². The Morgan fingerprint density at radius 1 is 0.537 bits per heavy atom. The van der Waals surface area contributed by atoms with Crippen LogP contribution in [0.1, 0.15) is 115 Å². The van der Waals surface area contributed by atoms with Crippen LogP contribution < -0.4 is 50.3 Å².